The summed E-state index contributed by atoms with van der Waals surface area (Å²) in [7, 11) is 1.78. The van der Waals surface area contributed by atoms with Crippen LogP contribution in [-0.2, 0) is 7.05 Å². The Morgan fingerprint density at radius 1 is 1.08 bits per heavy atom. The van der Waals surface area contributed by atoms with Crippen molar-refractivity contribution in [1.82, 2.24) is 19.9 Å². The van der Waals surface area contributed by atoms with Crippen molar-refractivity contribution in [1.29, 1.82) is 0 Å². The van der Waals surface area contributed by atoms with Gasteiger partial charge in [0.2, 0.25) is 0 Å². The van der Waals surface area contributed by atoms with Gasteiger partial charge in [0.25, 0.3) is 5.56 Å². The van der Waals surface area contributed by atoms with Crippen LogP contribution in [0, 0.1) is 0 Å². The normalized spacial score (nSPS) is 22.0. The van der Waals surface area contributed by atoms with E-state index in [1.807, 2.05) is 11.6 Å². The first-order valence-electron chi connectivity index (χ1n) is 9.38. The summed E-state index contributed by atoms with van der Waals surface area (Å²) in [6, 6.07) is 0.967. The predicted molar refractivity (Wildman–Crippen MR) is 105 cm³/mol. The molecule has 0 aliphatic carbocycles. The van der Waals surface area contributed by atoms with Crippen LogP contribution >= 0.6 is 11.3 Å². The third-order valence-corrected chi connectivity index (χ3v) is 6.21. The number of nitrogens with one attached hydrogen (secondary N) is 1. The summed E-state index contributed by atoms with van der Waals surface area (Å²) in [6.07, 6.45) is 9.83. The van der Waals surface area contributed by atoms with E-state index < -0.39 is 0 Å². The van der Waals surface area contributed by atoms with E-state index >= 15 is 0 Å². The zero-order chi connectivity index (χ0) is 17.9. The van der Waals surface area contributed by atoms with Crippen molar-refractivity contribution >= 4 is 22.3 Å². The maximum atomic E-state index is 12.3. The Bertz CT molecular complexity index is 768. The summed E-state index contributed by atoms with van der Waals surface area (Å²) in [5.74, 6) is 0.583. The van der Waals surface area contributed by atoms with Crippen molar-refractivity contribution in [3.05, 3.63) is 34.3 Å². The largest absolute Gasteiger partial charge is 0.350 e. The number of piperidine rings is 2. The van der Waals surface area contributed by atoms with Gasteiger partial charge in [-0.25, -0.2) is 9.97 Å². The van der Waals surface area contributed by atoms with Gasteiger partial charge in [0.05, 0.1) is 0 Å². The molecule has 2 fully saturated rings. The number of hydrogen-bond donors (Lipinski definition) is 1. The van der Waals surface area contributed by atoms with Gasteiger partial charge in [0.15, 0.2) is 10.9 Å². The van der Waals surface area contributed by atoms with E-state index in [-0.39, 0.29) is 5.56 Å². The molecule has 0 aromatic carbocycles. The minimum atomic E-state index is -0.00935. The lowest BCUT2D eigenvalue weighted by atomic mass is 10.0. The number of aromatic nitrogens is 3. The molecule has 8 heteroatoms. The molecule has 7 nitrogen and oxygen atoms in total. The fourth-order valence-electron chi connectivity index (χ4n) is 3.95. The van der Waals surface area contributed by atoms with Crippen LogP contribution in [0.4, 0.5) is 10.9 Å². The van der Waals surface area contributed by atoms with Crippen LogP contribution < -0.4 is 20.7 Å². The lowest BCUT2D eigenvalue weighted by Gasteiger charge is -2.38. The quantitative estimate of drug-likeness (QED) is 0.874. The monoisotopic (exact) mass is 374 g/mol. The summed E-state index contributed by atoms with van der Waals surface area (Å²) in [6.45, 7) is 3.89. The van der Waals surface area contributed by atoms with E-state index in [2.05, 4.69) is 25.1 Å². The highest BCUT2D eigenvalue weighted by molar-refractivity contribution is 7.13. The average molecular weight is 375 g/mol. The summed E-state index contributed by atoms with van der Waals surface area (Å²) in [4.78, 5) is 25.6. The van der Waals surface area contributed by atoms with E-state index in [1.54, 1.807) is 35.3 Å². The predicted octanol–water partition coefficient (Wildman–Crippen LogP) is 1.46. The summed E-state index contributed by atoms with van der Waals surface area (Å²) in [5.41, 5.74) is -0.00935. The van der Waals surface area contributed by atoms with E-state index in [9.17, 15) is 4.79 Å². The van der Waals surface area contributed by atoms with Crippen molar-refractivity contribution in [3.63, 3.8) is 0 Å². The molecular weight excluding hydrogens is 348 g/mol. The average Bonchev–Trinajstić information content (AvgIpc) is 3.20. The van der Waals surface area contributed by atoms with Gasteiger partial charge in [-0.15, -0.1) is 11.3 Å². The first-order chi connectivity index (χ1) is 12.7. The standard InChI is InChI=1S/C18H26N6OS/c1-22-11-6-19-16(17(22)25)24-8-2-3-15(13-24)21-14-4-9-23(10-5-14)18-20-7-12-26-18/h6-7,11-12,14-15,21H,2-5,8-10,13H2,1H3/t15-/m1/s1. The number of rotatable bonds is 4. The molecule has 2 aromatic rings. The molecule has 2 aliphatic rings. The molecule has 0 spiro atoms. The van der Waals surface area contributed by atoms with Gasteiger partial charge >= 0.3 is 0 Å². The van der Waals surface area contributed by atoms with E-state index in [0.29, 0.717) is 17.9 Å². The van der Waals surface area contributed by atoms with Gasteiger partial charge in [-0.3, -0.25) is 4.79 Å². The SMILES string of the molecule is Cn1ccnc(N2CCC[C@@H](NC3CCN(c4nccs4)CC3)C2)c1=O. The zero-order valence-electron chi connectivity index (χ0n) is 15.2. The molecule has 0 saturated carbocycles. The lowest BCUT2D eigenvalue weighted by Crippen LogP contribution is -2.53. The Balaban J connectivity index is 1.33. The highest BCUT2D eigenvalue weighted by atomic mass is 32.1. The Morgan fingerprint density at radius 2 is 1.92 bits per heavy atom. The van der Waals surface area contributed by atoms with Gasteiger partial charge < -0.3 is 19.7 Å². The number of anilines is 2. The van der Waals surface area contributed by atoms with Crippen LogP contribution in [0.25, 0.3) is 0 Å². The van der Waals surface area contributed by atoms with E-state index in [1.165, 1.54) is 0 Å². The van der Waals surface area contributed by atoms with E-state index in [4.69, 9.17) is 0 Å². The van der Waals surface area contributed by atoms with Crippen molar-refractivity contribution < 1.29 is 0 Å². The second-order valence-corrected chi connectivity index (χ2v) is 8.07. The molecule has 2 aliphatic heterocycles. The van der Waals surface area contributed by atoms with Crippen LogP contribution in [0.3, 0.4) is 0 Å². The zero-order valence-corrected chi connectivity index (χ0v) is 16.0. The maximum Gasteiger partial charge on any atom is 0.293 e. The molecule has 0 radical (unpaired) electrons. The fourth-order valence-corrected chi connectivity index (χ4v) is 4.65. The molecule has 1 atom stereocenters. The van der Waals surface area contributed by atoms with Gasteiger partial charge in [0, 0.05) is 69.3 Å². The summed E-state index contributed by atoms with van der Waals surface area (Å²) >= 11 is 1.72. The van der Waals surface area contributed by atoms with Gasteiger partial charge in [0.1, 0.15) is 0 Å². The van der Waals surface area contributed by atoms with Crippen molar-refractivity contribution in [2.75, 3.05) is 36.0 Å². The minimum absolute atomic E-state index is 0.00935. The second kappa shape index (κ2) is 7.75. The van der Waals surface area contributed by atoms with Crippen molar-refractivity contribution in [2.24, 2.45) is 7.05 Å². The third-order valence-electron chi connectivity index (χ3n) is 5.38. The van der Waals surface area contributed by atoms with Crippen LogP contribution in [0.1, 0.15) is 25.7 Å². The minimum Gasteiger partial charge on any atom is -0.350 e. The molecule has 1 N–H and O–H groups in total. The molecule has 2 saturated heterocycles. The Hall–Kier alpha value is -1.93. The highest BCUT2D eigenvalue weighted by Gasteiger charge is 2.27. The number of aryl methyl sites for hydroxylation is 1. The fraction of sp³-hybridized carbons (Fsp3) is 0.611. The van der Waals surface area contributed by atoms with Gasteiger partial charge in [-0.1, -0.05) is 0 Å². The topological polar surface area (TPSA) is 66.3 Å². The van der Waals surface area contributed by atoms with Crippen LogP contribution in [-0.4, -0.2) is 52.8 Å². The van der Waals surface area contributed by atoms with Crippen molar-refractivity contribution in [2.45, 2.75) is 37.8 Å². The molecule has 0 unspecified atom stereocenters. The van der Waals surface area contributed by atoms with E-state index in [0.717, 1.165) is 57.0 Å². The second-order valence-electron chi connectivity index (χ2n) is 7.19. The third kappa shape index (κ3) is 3.76. The molecule has 0 amide bonds. The Kier molecular flexibility index (Phi) is 5.21. The molecule has 2 aromatic heterocycles. The van der Waals surface area contributed by atoms with Gasteiger partial charge in [-0.2, -0.15) is 0 Å². The summed E-state index contributed by atoms with van der Waals surface area (Å²) < 4.78 is 1.60. The highest BCUT2D eigenvalue weighted by Crippen LogP contribution is 2.23. The molecule has 0 bridgehead atoms. The smallest absolute Gasteiger partial charge is 0.293 e. The molecule has 26 heavy (non-hydrogen) atoms. The number of thiazole rings is 1. The molecule has 4 heterocycles. The first kappa shape index (κ1) is 17.5. The molecule has 4 rings (SSSR count). The number of hydrogen-bond acceptors (Lipinski definition) is 7. The maximum absolute atomic E-state index is 12.3. The molecule has 140 valence electrons. The first-order valence-corrected chi connectivity index (χ1v) is 10.3. The number of nitrogens with zero attached hydrogens (tertiary/aromatic N) is 5. The van der Waals surface area contributed by atoms with Crippen LogP contribution in [0.5, 0.6) is 0 Å². The molecular formula is C18H26N6OS. The van der Waals surface area contributed by atoms with Gasteiger partial charge in [-0.05, 0) is 25.7 Å². The van der Waals surface area contributed by atoms with Crippen molar-refractivity contribution in [3.8, 4) is 0 Å². The lowest BCUT2D eigenvalue weighted by molar-refractivity contribution is 0.333. The van der Waals surface area contributed by atoms with Crippen LogP contribution in [0.2, 0.25) is 0 Å². The Morgan fingerprint density at radius 3 is 2.69 bits per heavy atom. The van der Waals surface area contributed by atoms with Crippen LogP contribution in [0.15, 0.2) is 28.8 Å². The summed E-state index contributed by atoms with van der Waals surface area (Å²) in [5, 5.41) is 7.01. The Labute approximate surface area is 157 Å².